The highest BCUT2D eigenvalue weighted by Crippen LogP contribution is 2.30. The highest BCUT2D eigenvalue weighted by atomic mass is 32.2. The Morgan fingerprint density at radius 1 is 1.00 bits per heavy atom. The molecular weight excluding hydrogens is 458 g/mol. The van der Waals surface area contributed by atoms with Crippen LogP contribution >= 0.6 is 11.3 Å². The van der Waals surface area contributed by atoms with Crippen molar-refractivity contribution in [3.8, 4) is 0 Å². The number of para-hydroxylation sites is 1. The Bertz CT molecular complexity index is 1430. The minimum atomic E-state index is -4.01. The molecule has 1 heterocycles. The molecule has 0 saturated heterocycles. The number of nitrogens with two attached hydrogens (primary N) is 2. The molecule has 0 spiro atoms. The van der Waals surface area contributed by atoms with Crippen LogP contribution in [0.1, 0.15) is 32.5 Å². The molecule has 3 aromatic carbocycles. The van der Waals surface area contributed by atoms with Crippen molar-refractivity contribution in [3.63, 3.8) is 0 Å². The van der Waals surface area contributed by atoms with Crippen molar-refractivity contribution in [2.75, 3.05) is 0 Å². The quantitative estimate of drug-likeness (QED) is 0.226. The monoisotopic (exact) mass is 479 g/mol. The Labute approximate surface area is 194 Å². The number of rotatable bonds is 8. The van der Waals surface area contributed by atoms with E-state index < -0.39 is 22.0 Å². The number of hydrogen-bond acceptors (Lipinski definition) is 6. The number of benzene rings is 3. The number of primary amides is 1. The van der Waals surface area contributed by atoms with Crippen molar-refractivity contribution in [1.29, 1.82) is 5.41 Å². The van der Waals surface area contributed by atoms with Crippen molar-refractivity contribution >= 4 is 43.3 Å². The summed E-state index contributed by atoms with van der Waals surface area (Å²) in [6, 6.07) is 19.5. The number of amides is 1. The van der Waals surface area contributed by atoms with E-state index >= 15 is 0 Å². The number of aromatic nitrogens is 1. The molecule has 0 aliphatic carbocycles. The minimum absolute atomic E-state index is 0.0672. The number of hydrogen-bond donors (Lipinski definition) is 4. The molecule has 1 unspecified atom stereocenters. The number of amidine groups is 1. The first-order valence-corrected chi connectivity index (χ1v) is 12.2. The van der Waals surface area contributed by atoms with Gasteiger partial charge >= 0.3 is 0 Å². The molecule has 33 heavy (non-hydrogen) atoms. The van der Waals surface area contributed by atoms with Gasteiger partial charge in [0, 0.05) is 11.1 Å². The Morgan fingerprint density at radius 2 is 1.73 bits per heavy atom. The molecule has 6 N–H and O–H groups in total. The molecule has 4 aromatic rings. The number of nitrogen functional groups attached to an aromatic ring is 1. The van der Waals surface area contributed by atoms with Crippen LogP contribution in [-0.4, -0.2) is 25.1 Å². The first kappa shape index (κ1) is 22.6. The van der Waals surface area contributed by atoms with Crippen LogP contribution in [0.15, 0.2) is 77.7 Å². The second kappa shape index (κ2) is 9.10. The van der Waals surface area contributed by atoms with Crippen LogP contribution in [0.2, 0.25) is 0 Å². The summed E-state index contributed by atoms with van der Waals surface area (Å²) < 4.78 is 30.1. The smallest absolute Gasteiger partial charge is 0.248 e. The summed E-state index contributed by atoms with van der Waals surface area (Å²) >= 11 is 1.40. The van der Waals surface area contributed by atoms with Gasteiger partial charge in [0.05, 0.1) is 21.2 Å². The van der Waals surface area contributed by atoms with Gasteiger partial charge in [-0.3, -0.25) is 10.2 Å². The maximum absolute atomic E-state index is 13.2. The normalized spacial score (nSPS) is 12.5. The number of fused-ring (bicyclic) bond motifs is 1. The molecule has 0 saturated carbocycles. The van der Waals surface area contributed by atoms with E-state index in [1.54, 1.807) is 18.2 Å². The van der Waals surface area contributed by atoms with Crippen LogP contribution < -0.4 is 16.2 Å². The maximum Gasteiger partial charge on any atom is 0.248 e. The average molecular weight is 480 g/mol. The van der Waals surface area contributed by atoms with Crippen LogP contribution in [0.25, 0.3) is 10.2 Å². The Hall–Kier alpha value is -3.60. The molecule has 0 radical (unpaired) electrons. The lowest BCUT2D eigenvalue weighted by molar-refractivity contribution is 0.1000. The van der Waals surface area contributed by atoms with Crippen LogP contribution in [0.3, 0.4) is 0 Å². The van der Waals surface area contributed by atoms with Gasteiger partial charge in [-0.05, 0) is 48.4 Å². The van der Waals surface area contributed by atoms with Gasteiger partial charge < -0.3 is 11.5 Å². The summed E-state index contributed by atoms with van der Waals surface area (Å²) in [6.07, 6.45) is 0.287. The second-order valence-electron chi connectivity index (χ2n) is 7.40. The van der Waals surface area contributed by atoms with Crippen LogP contribution in [0, 0.1) is 5.41 Å². The first-order chi connectivity index (χ1) is 15.7. The Balaban J connectivity index is 1.73. The number of thiazole rings is 1. The standard InChI is InChI=1S/C23H21N5O3S2/c24-21(25)15-6-3-5-14(11-15)12-19(23-27-18-9-1-2-10-20(18)32-23)28-33(30,31)17-8-4-7-16(13-17)22(26)29/h1-11,13,19,28H,12H2,(H3,24,25)(H2,26,29). The van der Waals surface area contributed by atoms with Crippen LogP contribution in [0.5, 0.6) is 0 Å². The van der Waals surface area contributed by atoms with Crippen LogP contribution in [0.4, 0.5) is 0 Å². The van der Waals surface area contributed by atoms with Gasteiger partial charge in [0.15, 0.2) is 0 Å². The number of sulfonamides is 1. The number of carbonyl (C=O) groups excluding carboxylic acids is 1. The lowest BCUT2D eigenvalue weighted by atomic mass is 10.0. The fraction of sp³-hybridized carbons (Fsp3) is 0.0870. The average Bonchev–Trinajstić information content (AvgIpc) is 3.23. The molecule has 0 fully saturated rings. The first-order valence-electron chi connectivity index (χ1n) is 9.94. The predicted molar refractivity (Wildman–Crippen MR) is 129 cm³/mol. The molecule has 8 nitrogen and oxygen atoms in total. The zero-order valence-electron chi connectivity index (χ0n) is 17.4. The molecular formula is C23H21N5O3S2. The van der Waals surface area contributed by atoms with Gasteiger partial charge in [-0.2, -0.15) is 0 Å². The van der Waals surface area contributed by atoms with Gasteiger partial charge in [0.1, 0.15) is 10.8 Å². The van der Waals surface area contributed by atoms with E-state index in [2.05, 4.69) is 9.71 Å². The summed E-state index contributed by atoms with van der Waals surface area (Å²) in [5.74, 6) is -0.784. The fourth-order valence-electron chi connectivity index (χ4n) is 3.39. The van der Waals surface area contributed by atoms with E-state index in [1.807, 2.05) is 30.3 Å². The summed E-state index contributed by atoms with van der Waals surface area (Å²) in [5, 5.41) is 8.28. The topological polar surface area (TPSA) is 152 Å². The van der Waals surface area contributed by atoms with E-state index in [0.717, 1.165) is 15.8 Å². The van der Waals surface area contributed by atoms with Gasteiger partial charge in [-0.25, -0.2) is 18.1 Å². The minimum Gasteiger partial charge on any atom is -0.384 e. The second-order valence-corrected chi connectivity index (χ2v) is 10.2. The molecule has 1 amide bonds. The maximum atomic E-state index is 13.2. The zero-order valence-corrected chi connectivity index (χ0v) is 19.0. The Kier molecular flexibility index (Phi) is 6.23. The molecule has 1 atom stereocenters. The van der Waals surface area contributed by atoms with Gasteiger partial charge in [0.2, 0.25) is 15.9 Å². The highest BCUT2D eigenvalue weighted by Gasteiger charge is 2.25. The third kappa shape index (κ3) is 5.08. The molecule has 10 heteroatoms. The highest BCUT2D eigenvalue weighted by molar-refractivity contribution is 7.89. The van der Waals surface area contributed by atoms with Gasteiger partial charge in [-0.1, -0.05) is 36.4 Å². The number of nitrogens with one attached hydrogen (secondary N) is 2. The Morgan fingerprint density at radius 3 is 2.45 bits per heavy atom. The lowest BCUT2D eigenvalue weighted by Crippen LogP contribution is -2.30. The van der Waals surface area contributed by atoms with E-state index in [4.69, 9.17) is 16.9 Å². The van der Waals surface area contributed by atoms with Crippen molar-refractivity contribution in [2.45, 2.75) is 17.4 Å². The third-order valence-corrected chi connectivity index (χ3v) is 7.63. The molecule has 168 valence electrons. The molecule has 0 bridgehead atoms. The largest absolute Gasteiger partial charge is 0.384 e. The van der Waals surface area contributed by atoms with E-state index in [1.165, 1.54) is 35.6 Å². The van der Waals surface area contributed by atoms with Crippen molar-refractivity contribution in [1.82, 2.24) is 9.71 Å². The summed E-state index contributed by atoms with van der Waals surface area (Å²) in [4.78, 5) is 16.1. The molecule has 0 aliphatic rings. The summed E-state index contributed by atoms with van der Waals surface area (Å²) in [7, 11) is -4.01. The van der Waals surface area contributed by atoms with Gasteiger partial charge in [0.25, 0.3) is 0 Å². The van der Waals surface area contributed by atoms with Crippen LogP contribution in [-0.2, 0) is 16.4 Å². The molecule has 0 aliphatic heterocycles. The zero-order chi connectivity index (χ0) is 23.6. The number of carbonyl (C=O) groups is 1. The summed E-state index contributed by atoms with van der Waals surface area (Å²) in [5.41, 5.74) is 13.1. The SMILES string of the molecule is N=C(N)c1cccc(CC(NS(=O)(=O)c2cccc(C(N)=O)c2)c2nc3ccccc3s2)c1. The van der Waals surface area contributed by atoms with Crippen molar-refractivity contribution < 1.29 is 13.2 Å². The summed E-state index contributed by atoms with van der Waals surface area (Å²) in [6.45, 7) is 0. The van der Waals surface area contributed by atoms with Gasteiger partial charge in [-0.15, -0.1) is 11.3 Å². The molecule has 4 rings (SSSR count). The van der Waals surface area contributed by atoms with Crippen molar-refractivity contribution in [2.24, 2.45) is 11.5 Å². The third-order valence-electron chi connectivity index (χ3n) is 5.01. The van der Waals surface area contributed by atoms with E-state index in [9.17, 15) is 13.2 Å². The molecule has 1 aromatic heterocycles. The lowest BCUT2D eigenvalue weighted by Gasteiger charge is -2.18. The predicted octanol–water partition coefficient (Wildman–Crippen LogP) is 2.94. The van der Waals surface area contributed by atoms with E-state index in [-0.39, 0.29) is 22.7 Å². The number of nitrogens with zero attached hydrogens (tertiary/aromatic N) is 1. The fourth-order valence-corrected chi connectivity index (χ4v) is 5.73. The van der Waals surface area contributed by atoms with Crippen molar-refractivity contribution in [3.05, 3.63) is 94.5 Å². The van der Waals surface area contributed by atoms with E-state index in [0.29, 0.717) is 10.6 Å².